The van der Waals surface area contributed by atoms with Gasteiger partial charge in [-0.2, -0.15) is 5.10 Å². The van der Waals surface area contributed by atoms with Crippen LogP contribution in [0.5, 0.6) is 5.75 Å². The summed E-state index contributed by atoms with van der Waals surface area (Å²) in [4.78, 5) is 57.9. The number of likely N-dealkylation sites (tertiary alicyclic amines) is 1. The average molecular weight is 667 g/mol. The van der Waals surface area contributed by atoms with Gasteiger partial charge in [-0.3, -0.25) is 14.3 Å². The molecule has 2 aromatic carbocycles. The van der Waals surface area contributed by atoms with Crippen LogP contribution in [0.2, 0.25) is 18.1 Å². The molecule has 1 unspecified atom stereocenters. The van der Waals surface area contributed by atoms with Gasteiger partial charge in [0.2, 0.25) is 6.10 Å². The Morgan fingerprint density at radius 1 is 1.00 bits per heavy atom. The number of carbonyl (C=O) groups is 4. The molecular formula is C33H42N4O9Si. The zero-order chi connectivity index (χ0) is 34.5. The first-order chi connectivity index (χ1) is 21.8. The minimum atomic E-state index is -2.22. The molecule has 0 spiro atoms. The number of hydrogen-bond donors (Lipinski definition) is 1. The van der Waals surface area contributed by atoms with E-state index < -0.39 is 43.9 Å². The molecule has 0 radical (unpaired) electrons. The first-order valence-electron chi connectivity index (χ1n) is 15.5. The molecule has 14 heteroatoms. The lowest BCUT2D eigenvalue weighted by atomic mass is 10.1. The van der Waals surface area contributed by atoms with E-state index in [1.165, 1.54) is 17.0 Å². The molecule has 1 N–H and O–H groups in total. The van der Waals surface area contributed by atoms with Crippen molar-refractivity contribution in [1.29, 1.82) is 0 Å². The van der Waals surface area contributed by atoms with Crippen molar-refractivity contribution in [3.63, 3.8) is 0 Å². The lowest BCUT2D eigenvalue weighted by molar-refractivity contribution is -0.193. The van der Waals surface area contributed by atoms with Crippen molar-refractivity contribution in [3.05, 3.63) is 59.8 Å². The summed E-state index contributed by atoms with van der Waals surface area (Å²) in [5, 5.41) is 15.7. The number of hydroxylamine groups is 2. The smallest absolute Gasteiger partial charge is 0.407 e. The average Bonchev–Trinajstić information content (AvgIpc) is 3.64. The predicted molar refractivity (Wildman–Crippen MR) is 174 cm³/mol. The monoisotopic (exact) mass is 666 g/mol. The number of imide groups is 1. The van der Waals surface area contributed by atoms with Gasteiger partial charge in [-0.25, -0.2) is 14.4 Å². The number of aromatic nitrogens is 2. The SMILES string of the molecule is CC(C)(C)OC(=O)C(COc1ccc2nn([C@@H]3CN(C(=O)O)C[C@@H]3O[Si](C)(C)C(C)(C)C)cc2c1)ON1C(=O)c2ccccc2C1=O. The van der Waals surface area contributed by atoms with Crippen LogP contribution in [0.25, 0.3) is 10.9 Å². The molecule has 47 heavy (non-hydrogen) atoms. The van der Waals surface area contributed by atoms with Crippen molar-refractivity contribution in [1.82, 2.24) is 19.7 Å². The van der Waals surface area contributed by atoms with Crippen LogP contribution in [0.4, 0.5) is 4.79 Å². The first-order valence-corrected chi connectivity index (χ1v) is 18.4. The van der Waals surface area contributed by atoms with E-state index in [-0.39, 0.29) is 48.0 Å². The number of nitrogens with zero attached hydrogens (tertiary/aromatic N) is 4. The van der Waals surface area contributed by atoms with Gasteiger partial charge in [-0.05, 0) is 69.2 Å². The molecule has 2 aliphatic rings. The summed E-state index contributed by atoms with van der Waals surface area (Å²) >= 11 is 0. The molecule has 13 nitrogen and oxygen atoms in total. The molecule has 5 rings (SSSR count). The Kier molecular flexibility index (Phi) is 8.99. The highest BCUT2D eigenvalue weighted by Crippen LogP contribution is 2.40. The predicted octanol–water partition coefficient (Wildman–Crippen LogP) is 5.28. The Labute approximate surface area is 274 Å². The van der Waals surface area contributed by atoms with E-state index in [0.717, 1.165) is 5.39 Å². The van der Waals surface area contributed by atoms with E-state index in [1.54, 1.807) is 55.8 Å². The van der Waals surface area contributed by atoms with Crippen molar-refractivity contribution in [2.75, 3.05) is 19.7 Å². The van der Waals surface area contributed by atoms with Gasteiger partial charge in [-0.1, -0.05) is 32.9 Å². The van der Waals surface area contributed by atoms with Gasteiger partial charge in [0, 0.05) is 18.1 Å². The summed E-state index contributed by atoms with van der Waals surface area (Å²) in [5.74, 6) is -1.79. The quantitative estimate of drug-likeness (QED) is 0.182. The Balaban J connectivity index is 1.35. The Morgan fingerprint density at radius 2 is 1.64 bits per heavy atom. The standard InChI is InChI=1S/C33H42N4O9Si/c1-32(2,3)44-30(40)27(45-37-28(38)22-11-9-10-12-23(22)29(37)39)19-43-21-13-14-24-20(15-21)16-36(34-24)25-17-35(31(41)42)18-26(25)46-47(7,8)33(4,5)6/h9-16,25-27H,17-19H2,1-8H3,(H,41,42)/t25-,26+,27?/m1/s1. The third-order valence-corrected chi connectivity index (χ3v) is 13.2. The fraction of sp³-hybridized carbons (Fsp3) is 0.485. The van der Waals surface area contributed by atoms with Crippen LogP contribution < -0.4 is 4.74 Å². The van der Waals surface area contributed by atoms with Gasteiger partial charge >= 0.3 is 12.1 Å². The van der Waals surface area contributed by atoms with Gasteiger partial charge in [0.25, 0.3) is 11.8 Å². The Morgan fingerprint density at radius 3 is 2.21 bits per heavy atom. The van der Waals surface area contributed by atoms with Crippen LogP contribution in [0.3, 0.4) is 0 Å². The molecule has 0 aliphatic carbocycles. The van der Waals surface area contributed by atoms with Gasteiger partial charge in [0.05, 0.1) is 35.3 Å². The highest BCUT2D eigenvalue weighted by atomic mass is 28.4. The largest absolute Gasteiger partial charge is 0.490 e. The highest BCUT2D eigenvalue weighted by molar-refractivity contribution is 6.74. The van der Waals surface area contributed by atoms with Crippen molar-refractivity contribution >= 4 is 43.1 Å². The van der Waals surface area contributed by atoms with Crippen LogP contribution in [-0.2, 0) is 18.8 Å². The number of ether oxygens (including phenoxy) is 2. The molecule has 3 atom stereocenters. The third kappa shape index (κ3) is 7.19. The maximum atomic E-state index is 13.1. The van der Waals surface area contributed by atoms with E-state index in [2.05, 4.69) is 33.9 Å². The van der Waals surface area contributed by atoms with E-state index in [1.807, 2.05) is 6.20 Å². The maximum Gasteiger partial charge on any atom is 0.407 e. The number of carbonyl (C=O) groups excluding carboxylic acids is 3. The fourth-order valence-corrected chi connectivity index (χ4v) is 6.53. The fourth-order valence-electron chi connectivity index (χ4n) is 5.19. The topological polar surface area (TPSA) is 150 Å². The summed E-state index contributed by atoms with van der Waals surface area (Å²) in [6.45, 7) is 15.9. The van der Waals surface area contributed by atoms with Crippen molar-refractivity contribution < 1.29 is 43.0 Å². The summed E-state index contributed by atoms with van der Waals surface area (Å²) in [5.41, 5.74) is 0.142. The lowest BCUT2D eigenvalue weighted by Gasteiger charge is -2.39. The van der Waals surface area contributed by atoms with Crippen LogP contribution in [0.15, 0.2) is 48.7 Å². The number of rotatable bonds is 9. The first kappa shape index (κ1) is 34.1. The number of benzene rings is 2. The summed E-state index contributed by atoms with van der Waals surface area (Å²) in [7, 11) is -2.22. The van der Waals surface area contributed by atoms with Crippen LogP contribution in [0.1, 0.15) is 68.3 Å². The molecule has 1 aromatic heterocycles. The van der Waals surface area contributed by atoms with Crippen LogP contribution >= 0.6 is 0 Å². The van der Waals surface area contributed by atoms with Crippen LogP contribution in [0, 0.1) is 0 Å². The molecule has 3 aromatic rings. The van der Waals surface area contributed by atoms with Crippen molar-refractivity contribution in [2.45, 2.75) is 83.5 Å². The zero-order valence-corrected chi connectivity index (χ0v) is 29.0. The molecular weight excluding hydrogens is 624 g/mol. The molecule has 3 heterocycles. The molecule has 0 bridgehead atoms. The highest BCUT2D eigenvalue weighted by Gasteiger charge is 2.46. The molecule has 252 valence electrons. The second-order valence-corrected chi connectivity index (χ2v) is 19.1. The van der Waals surface area contributed by atoms with Gasteiger partial charge in [-0.15, -0.1) is 5.06 Å². The second-order valence-electron chi connectivity index (χ2n) is 14.4. The van der Waals surface area contributed by atoms with E-state index in [4.69, 9.17) is 23.8 Å². The molecule has 3 amide bonds. The minimum absolute atomic E-state index is 0.0600. The van der Waals surface area contributed by atoms with Crippen LogP contribution in [-0.4, -0.2) is 94.5 Å². The van der Waals surface area contributed by atoms with E-state index in [0.29, 0.717) is 16.3 Å². The van der Waals surface area contributed by atoms with Gasteiger partial charge in [0.15, 0.2) is 8.32 Å². The number of esters is 1. The van der Waals surface area contributed by atoms with Gasteiger partial charge < -0.3 is 23.9 Å². The number of amides is 3. The molecule has 2 aliphatic heterocycles. The Hall–Kier alpha value is -4.27. The zero-order valence-electron chi connectivity index (χ0n) is 28.0. The molecule has 1 saturated heterocycles. The van der Waals surface area contributed by atoms with Crippen molar-refractivity contribution in [2.24, 2.45) is 0 Å². The molecule has 0 saturated carbocycles. The lowest BCUT2D eigenvalue weighted by Crippen LogP contribution is -2.46. The third-order valence-electron chi connectivity index (χ3n) is 8.65. The van der Waals surface area contributed by atoms with E-state index >= 15 is 0 Å². The Bertz CT molecular complexity index is 1670. The summed E-state index contributed by atoms with van der Waals surface area (Å²) in [6, 6.07) is 11.1. The molecule has 1 fully saturated rings. The summed E-state index contributed by atoms with van der Waals surface area (Å²) in [6.07, 6.45) is -0.998. The van der Waals surface area contributed by atoms with E-state index in [9.17, 15) is 24.3 Å². The second kappa shape index (κ2) is 12.4. The number of carboxylic acid groups (broad SMARTS) is 1. The van der Waals surface area contributed by atoms with Crippen molar-refractivity contribution in [3.8, 4) is 5.75 Å². The minimum Gasteiger partial charge on any atom is -0.490 e. The maximum absolute atomic E-state index is 13.1. The van der Waals surface area contributed by atoms with Gasteiger partial charge in [0.1, 0.15) is 18.0 Å². The summed E-state index contributed by atoms with van der Waals surface area (Å²) < 4.78 is 19.9. The number of fused-ring (bicyclic) bond motifs is 2. The number of hydrogen-bond acceptors (Lipinski definition) is 9. The normalized spacial score (nSPS) is 19.3.